The monoisotopic (exact) mass is 477 g/mol. The number of carbonyl (C=O) groups is 2. The van der Waals surface area contributed by atoms with Crippen molar-refractivity contribution in [2.45, 2.75) is 19.8 Å². The number of imide groups is 1. The summed E-state index contributed by atoms with van der Waals surface area (Å²) in [5.41, 5.74) is 1.60. The van der Waals surface area contributed by atoms with Crippen molar-refractivity contribution in [2.75, 3.05) is 4.90 Å². The Kier molecular flexibility index (Phi) is 5.47. The van der Waals surface area contributed by atoms with E-state index in [1.807, 2.05) is 0 Å². The van der Waals surface area contributed by atoms with Crippen molar-refractivity contribution in [1.82, 2.24) is 9.55 Å². The third-order valence-electron chi connectivity index (χ3n) is 6.14. The molecule has 1 unspecified atom stereocenters. The minimum Gasteiger partial charge on any atom is -0.457 e. The van der Waals surface area contributed by atoms with E-state index in [0.717, 1.165) is 4.90 Å². The van der Waals surface area contributed by atoms with E-state index in [1.165, 1.54) is 28.8 Å². The number of hydrogen-bond donors (Lipinski definition) is 1. The topological polar surface area (TPSA) is 84.4 Å². The highest BCUT2D eigenvalue weighted by atomic mass is 19.3. The van der Waals surface area contributed by atoms with E-state index in [0.29, 0.717) is 39.2 Å². The number of hydrogen-bond acceptors (Lipinski definition) is 4. The van der Waals surface area contributed by atoms with Crippen LogP contribution in [-0.4, -0.2) is 21.4 Å². The van der Waals surface area contributed by atoms with Crippen molar-refractivity contribution in [3.8, 4) is 22.6 Å². The number of anilines is 1. The van der Waals surface area contributed by atoms with Crippen LogP contribution < -0.4 is 15.2 Å². The van der Waals surface area contributed by atoms with E-state index in [9.17, 15) is 23.2 Å². The number of pyridine rings is 1. The second kappa shape index (κ2) is 8.50. The normalized spacial score (nSPS) is 16.0. The van der Waals surface area contributed by atoms with Gasteiger partial charge in [0.15, 0.2) is 0 Å². The van der Waals surface area contributed by atoms with E-state index in [2.05, 4.69) is 4.98 Å². The first-order valence-electron chi connectivity index (χ1n) is 11.0. The first-order chi connectivity index (χ1) is 16.7. The molecule has 0 saturated carbocycles. The molecule has 2 amide bonds. The summed E-state index contributed by atoms with van der Waals surface area (Å²) >= 11 is 0. The van der Waals surface area contributed by atoms with E-state index < -0.39 is 12.3 Å². The highest BCUT2D eigenvalue weighted by molar-refractivity contribution is 6.21. The summed E-state index contributed by atoms with van der Waals surface area (Å²) in [5.74, 6) is -0.294. The van der Waals surface area contributed by atoms with Crippen LogP contribution >= 0.6 is 0 Å². The number of aromatic nitrogens is 2. The fraction of sp³-hybridized carbons (Fsp3) is 0.192. The van der Waals surface area contributed by atoms with E-state index >= 15 is 0 Å². The maximum absolute atomic E-state index is 13.0. The molecule has 1 saturated heterocycles. The number of rotatable bonds is 5. The fourth-order valence-corrected chi connectivity index (χ4v) is 4.30. The quantitative estimate of drug-likeness (QED) is 0.402. The number of aromatic amines is 1. The van der Waals surface area contributed by atoms with E-state index in [-0.39, 0.29) is 29.4 Å². The Morgan fingerprint density at radius 1 is 1.03 bits per heavy atom. The minimum atomic E-state index is -2.59. The lowest BCUT2D eigenvalue weighted by atomic mass is 10.0. The van der Waals surface area contributed by atoms with Crippen molar-refractivity contribution >= 4 is 28.4 Å². The molecule has 1 aliphatic rings. The van der Waals surface area contributed by atoms with Crippen molar-refractivity contribution < 1.29 is 23.1 Å². The molecule has 2 aromatic carbocycles. The number of halogens is 2. The van der Waals surface area contributed by atoms with Crippen LogP contribution in [0.1, 0.15) is 25.3 Å². The molecule has 1 fully saturated rings. The SMILES string of the molecule is CC1CC(=O)N(c2ccc(Oc3ccc(C(F)F)cc3)c(-c3cn(C)c(=O)c4[nH]ccc34)c2)C1=O. The number of fused-ring (bicyclic) bond motifs is 1. The summed E-state index contributed by atoms with van der Waals surface area (Å²) in [6, 6.07) is 12.1. The molecule has 5 rings (SSSR count). The van der Waals surface area contributed by atoms with Gasteiger partial charge in [-0.05, 0) is 48.5 Å². The molecule has 0 aliphatic carbocycles. The van der Waals surface area contributed by atoms with Gasteiger partial charge < -0.3 is 14.3 Å². The number of aryl methyl sites for hydroxylation is 1. The molecule has 4 aromatic rings. The van der Waals surface area contributed by atoms with Gasteiger partial charge in [0, 0.05) is 53.9 Å². The van der Waals surface area contributed by atoms with Crippen LogP contribution in [0.15, 0.2) is 65.7 Å². The predicted molar refractivity (Wildman–Crippen MR) is 127 cm³/mol. The van der Waals surface area contributed by atoms with Gasteiger partial charge in [-0.2, -0.15) is 0 Å². The number of alkyl halides is 2. The average Bonchev–Trinajstić information content (AvgIpc) is 3.42. The standard InChI is InChI=1S/C26H21F2N3O4/c1-14-11-22(32)31(25(14)33)16-5-8-21(35-17-6-3-15(4-7-17)24(27)28)19(12-16)20-13-30(2)26(34)23-18(20)9-10-29-23/h3-10,12-14,24,29H,11H2,1-2H3. The number of benzene rings is 2. The molecule has 1 atom stereocenters. The molecule has 1 aliphatic heterocycles. The van der Waals surface area contributed by atoms with Gasteiger partial charge in [-0.3, -0.25) is 19.3 Å². The van der Waals surface area contributed by atoms with Gasteiger partial charge in [-0.1, -0.05) is 6.92 Å². The van der Waals surface area contributed by atoms with Gasteiger partial charge >= 0.3 is 0 Å². The van der Waals surface area contributed by atoms with Crippen LogP contribution in [0.2, 0.25) is 0 Å². The Bertz CT molecular complexity index is 1520. The molecule has 178 valence electrons. The zero-order valence-corrected chi connectivity index (χ0v) is 18.9. The smallest absolute Gasteiger partial charge is 0.274 e. The Morgan fingerprint density at radius 3 is 2.43 bits per heavy atom. The molecule has 3 heterocycles. The maximum Gasteiger partial charge on any atom is 0.274 e. The van der Waals surface area contributed by atoms with Crippen LogP contribution in [0, 0.1) is 5.92 Å². The van der Waals surface area contributed by atoms with Crippen LogP contribution in [0.25, 0.3) is 22.0 Å². The number of amides is 2. The van der Waals surface area contributed by atoms with E-state index in [1.54, 1.807) is 50.6 Å². The lowest BCUT2D eigenvalue weighted by Crippen LogP contribution is -2.30. The maximum atomic E-state index is 13.0. The third kappa shape index (κ3) is 3.88. The second-order valence-corrected chi connectivity index (χ2v) is 8.55. The van der Waals surface area contributed by atoms with Gasteiger partial charge in [-0.25, -0.2) is 8.78 Å². The van der Waals surface area contributed by atoms with Crippen LogP contribution in [0.4, 0.5) is 14.5 Å². The summed E-state index contributed by atoms with van der Waals surface area (Å²) < 4.78 is 33.4. The van der Waals surface area contributed by atoms with Crippen molar-refractivity contribution in [1.29, 1.82) is 0 Å². The molecule has 35 heavy (non-hydrogen) atoms. The molecular formula is C26H21F2N3O4. The van der Waals surface area contributed by atoms with Gasteiger partial charge in [0.05, 0.1) is 5.69 Å². The van der Waals surface area contributed by atoms with Crippen LogP contribution in [0.5, 0.6) is 11.5 Å². The zero-order valence-electron chi connectivity index (χ0n) is 18.9. The number of H-pyrrole nitrogens is 1. The first-order valence-corrected chi connectivity index (χ1v) is 11.0. The molecule has 2 aromatic heterocycles. The largest absolute Gasteiger partial charge is 0.457 e. The fourth-order valence-electron chi connectivity index (χ4n) is 4.30. The second-order valence-electron chi connectivity index (χ2n) is 8.55. The average molecular weight is 477 g/mol. The van der Waals surface area contributed by atoms with Crippen LogP contribution in [0.3, 0.4) is 0 Å². The Labute approximate surface area is 198 Å². The molecule has 0 bridgehead atoms. The highest BCUT2D eigenvalue weighted by Gasteiger charge is 2.37. The summed E-state index contributed by atoms with van der Waals surface area (Å²) in [6.07, 6.45) is 0.841. The summed E-state index contributed by atoms with van der Waals surface area (Å²) in [4.78, 5) is 41.9. The number of ether oxygens (including phenoxy) is 1. The molecule has 0 radical (unpaired) electrons. The molecule has 9 heteroatoms. The number of nitrogens with one attached hydrogen (secondary N) is 1. The Balaban J connectivity index is 1.67. The lowest BCUT2D eigenvalue weighted by Gasteiger charge is -2.19. The first kappa shape index (κ1) is 22.5. The molecule has 7 nitrogen and oxygen atoms in total. The van der Waals surface area contributed by atoms with Crippen molar-refractivity contribution in [3.63, 3.8) is 0 Å². The zero-order chi connectivity index (χ0) is 24.9. The van der Waals surface area contributed by atoms with Gasteiger partial charge in [0.2, 0.25) is 11.8 Å². The van der Waals surface area contributed by atoms with Crippen LogP contribution in [-0.2, 0) is 16.6 Å². The predicted octanol–water partition coefficient (Wildman–Crippen LogP) is 5.16. The number of nitrogens with zero attached hydrogens (tertiary/aromatic N) is 2. The third-order valence-corrected chi connectivity index (χ3v) is 6.14. The highest BCUT2D eigenvalue weighted by Crippen LogP contribution is 2.40. The summed E-state index contributed by atoms with van der Waals surface area (Å²) in [5, 5.41) is 0.635. The van der Waals surface area contributed by atoms with Crippen molar-refractivity contribution in [2.24, 2.45) is 13.0 Å². The molecular weight excluding hydrogens is 456 g/mol. The van der Waals surface area contributed by atoms with Gasteiger partial charge in [0.25, 0.3) is 12.0 Å². The molecule has 0 spiro atoms. The lowest BCUT2D eigenvalue weighted by molar-refractivity contribution is -0.122. The summed E-state index contributed by atoms with van der Waals surface area (Å²) in [7, 11) is 1.62. The Hall–Kier alpha value is -4.27. The Morgan fingerprint density at radius 2 is 1.77 bits per heavy atom. The summed E-state index contributed by atoms with van der Waals surface area (Å²) in [6.45, 7) is 1.71. The minimum absolute atomic E-state index is 0.125. The van der Waals surface area contributed by atoms with Gasteiger partial charge in [-0.15, -0.1) is 0 Å². The number of carbonyl (C=O) groups excluding carboxylic acids is 2. The molecule has 1 N–H and O–H groups in total. The van der Waals surface area contributed by atoms with Crippen molar-refractivity contribution in [3.05, 3.63) is 76.8 Å². The van der Waals surface area contributed by atoms with Gasteiger partial charge in [0.1, 0.15) is 17.0 Å². The van der Waals surface area contributed by atoms with E-state index in [4.69, 9.17) is 4.74 Å².